The summed E-state index contributed by atoms with van der Waals surface area (Å²) >= 11 is 0. The third-order valence-corrected chi connectivity index (χ3v) is 4.53. The molecule has 2 aliphatic heterocycles. The zero-order valence-electron chi connectivity index (χ0n) is 12.3. The Bertz CT molecular complexity index is 365. The highest BCUT2D eigenvalue weighted by atomic mass is 16.6. The van der Waals surface area contributed by atoms with Crippen molar-refractivity contribution in [2.24, 2.45) is 17.8 Å². The van der Waals surface area contributed by atoms with E-state index in [1.54, 1.807) is 0 Å². The molecule has 0 bridgehead atoms. The average molecular weight is 298 g/mol. The number of carbonyl (C=O) groups is 2. The van der Waals surface area contributed by atoms with Crippen LogP contribution in [0.15, 0.2) is 0 Å². The molecule has 6 heteroatoms. The van der Waals surface area contributed by atoms with E-state index in [1.807, 2.05) is 6.92 Å². The summed E-state index contributed by atoms with van der Waals surface area (Å²) in [5.41, 5.74) is 0. The molecule has 1 saturated carbocycles. The van der Waals surface area contributed by atoms with Crippen molar-refractivity contribution in [3.05, 3.63) is 0 Å². The van der Waals surface area contributed by atoms with E-state index >= 15 is 0 Å². The maximum Gasteiger partial charge on any atom is 0.309 e. The molecule has 3 fully saturated rings. The number of ether oxygens (including phenoxy) is 4. The van der Waals surface area contributed by atoms with Crippen molar-refractivity contribution < 1.29 is 28.5 Å². The zero-order valence-corrected chi connectivity index (χ0v) is 12.3. The van der Waals surface area contributed by atoms with Gasteiger partial charge < -0.3 is 18.9 Å². The largest absolute Gasteiger partial charge is 0.463 e. The van der Waals surface area contributed by atoms with Gasteiger partial charge in [-0.25, -0.2) is 0 Å². The number of epoxide rings is 2. The van der Waals surface area contributed by atoms with Gasteiger partial charge in [-0.2, -0.15) is 0 Å². The maximum atomic E-state index is 12.1. The van der Waals surface area contributed by atoms with E-state index in [-0.39, 0.29) is 41.9 Å². The van der Waals surface area contributed by atoms with Gasteiger partial charge in [-0.1, -0.05) is 13.3 Å². The van der Waals surface area contributed by atoms with Crippen molar-refractivity contribution in [2.75, 3.05) is 26.4 Å². The van der Waals surface area contributed by atoms with Crippen molar-refractivity contribution in [1.82, 2.24) is 0 Å². The molecule has 0 amide bonds. The van der Waals surface area contributed by atoms with Crippen molar-refractivity contribution in [3.63, 3.8) is 0 Å². The first-order valence-electron chi connectivity index (χ1n) is 7.71. The quantitative estimate of drug-likeness (QED) is 0.536. The summed E-state index contributed by atoms with van der Waals surface area (Å²) in [6, 6.07) is 0. The highest BCUT2D eigenvalue weighted by Gasteiger charge is 2.40. The number of carbonyl (C=O) groups excluding carboxylic acids is 2. The lowest BCUT2D eigenvalue weighted by molar-refractivity contribution is -0.159. The van der Waals surface area contributed by atoms with Crippen LogP contribution in [-0.4, -0.2) is 50.6 Å². The summed E-state index contributed by atoms with van der Waals surface area (Å²) in [6.45, 7) is 3.95. The Morgan fingerprint density at radius 1 is 0.952 bits per heavy atom. The summed E-state index contributed by atoms with van der Waals surface area (Å²) in [5.74, 6) is -0.888. The van der Waals surface area contributed by atoms with Crippen LogP contribution in [0.4, 0.5) is 0 Å². The molecule has 0 aromatic heterocycles. The van der Waals surface area contributed by atoms with Crippen molar-refractivity contribution >= 4 is 11.9 Å². The fraction of sp³-hybridized carbons (Fsp3) is 0.867. The summed E-state index contributed by atoms with van der Waals surface area (Å²) in [5, 5.41) is 0. The zero-order chi connectivity index (χ0) is 14.8. The smallest absolute Gasteiger partial charge is 0.309 e. The number of esters is 2. The van der Waals surface area contributed by atoms with E-state index in [9.17, 15) is 9.59 Å². The molecule has 118 valence electrons. The maximum absolute atomic E-state index is 12.1. The van der Waals surface area contributed by atoms with E-state index in [0.717, 1.165) is 19.3 Å². The van der Waals surface area contributed by atoms with Crippen LogP contribution in [-0.2, 0) is 28.5 Å². The van der Waals surface area contributed by atoms with Gasteiger partial charge in [-0.05, 0) is 18.8 Å². The lowest BCUT2D eigenvalue weighted by atomic mass is 9.73. The summed E-state index contributed by atoms with van der Waals surface area (Å²) in [4.78, 5) is 24.3. The van der Waals surface area contributed by atoms with Crippen LogP contribution >= 0.6 is 0 Å². The molecule has 3 rings (SSSR count). The predicted octanol–water partition coefficient (Wildman–Crippen LogP) is 0.923. The molecule has 3 aliphatic rings. The second kappa shape index (κ2) is 6.32. The normalized spacial score (nSPS) is 37.7. The highest BCUT2D eigenvalue weighted by molar-refractivity contribution is 5.77. The van der Waals surface area contributed by atoms with Crippen LogP contribution in [0.25, 0.3) is 0 Å². The molecule has 6 nitrogen and oxygen atoms in total. The van der Waals surface area contributed by atoms with Crippen LogP contribution in [0.5, 0.6) is 0 Å². The lowest BCUT2D eigenvalue weighted by Gasteiger charge is -2.33. The van der Waals surface area contributed by atoms with Crippen LogP contribution < -0.4 is 0 Å². The van der Waals surface area contributed by atoms with E-state index < -0.39 is 0 Å². The number of hydrogen-bond acceptors (Lipinski definition) is 6. The van der Waals surface area contributed by atoms with Gasteiger partial charge in [0.25, 0.3) is 0 Å². The first kappa shape index (κ1) is 14.8. The van der Waals surface area contributed by atoms with Gasteiger partial charge in [0.2, 0.25) is 0 Å². The van der Waals surface area contributed by atoms with Gasteiger partial charge in [0.15, 0.2) is 0 Å². The summed E-state index contributed by atoms with van der Waals surface area (Å²) in [6.07, 6.45) is 2.56. The molecule has 3 unspecified atom stereocenters. The van der Waals surface area contributed by atoms with Crippen molar-refractivity contribution in [1.29, 1.82) is 0 Å². The first-order valence-corrected chi connectivity index (χ1v) is 7.71. The van der Waals surface area contributed by atoms with E-state index in [1.165, 1.54) is 0 Å². The fourth-order valence-electron chi connectivity index (χ4n) is 2.92. The fourth-order valence-corrected chi connectivity index (χ4v) is 2.92. The number of rotatable bonds is 6. The second-order valence-electron chi connectivity index (χ2n) is 6.17. The van der Waals surface area contributed by atoms with Crippen LogP contribution in [0.1, 0.15) is 26.2 Å². The molecule has 0 aromatic rings. The molecular formula is C15H22O6. The van der Waals surface area contributed by atoms with Gasteiger partial charge >= 0.3 is 11.9 Å². The van der Waals surface area contributed by atoms with Crippen LogP contribution in [0.2, 0.25) is 0 Å². The third-order valence-electron chi connectivity index (χ3n) is 4.53. The van der Waals surface area contributed by atoms with E-state index in [0.29, 0.717) is 26.4 Å². The Balaban J connectivity index is 1.49. The molecular weight excluding hydrogens is 276 g/mol. The molecule has 2 heterocycles. The predicted molar refractivity (Wildman–Crippen MR) is 71.4 cm³/mol. The minimum atomic E-state index is -0.216. The second-order valence-corrected chi connectivity index (χ2v) is 6.17. The molecule has 2 saturated heterocycles. The van der Waals surface area contributed by atoms with Crippen LogP contribution in [0, 0.1) is 17.8 Å². The Labute approximate surface area is 124 Å². The van der Waals surface area contributed by atoms with Crippen LogP contribution in [0.3, 0.4) is 0 Å². The Morgan fingerprint density at radius 3 is 1.76 bits per heavy atom. The lowest BCUT2D eigenvalue weighted by Crippen LogP contribution is -2.38. The first-order chi connectivity index (χ1) is 10.1. The molecule has 0 aromatic carbocycles. The Kier molecular flexibility index (Phi) is 4.45. The molecule has 0 spiro atoms. The van der Waals surface area contributed by atoms with Gasteiger partial charge in [-0.15, -0.1) is 0 Å². The molecule has 1 aliphatic carbocycles. The molecule has 5 atom stereocenters. The average Bonchev–Trinajstić information content (AvgIpc) is 3.37. The highest BCUT2D eigenvalue weighted by Crippen LogP contribution is 2.36. The van der Waals surface area contributed by atoms with Gasteiger partial charge in [0, 0.05) is 0 Å². The topological polar surface area (TPSA) is 77.7 Å². The standard InChI is InChI=1S/C15H22O6/c1-9-12(14(16)20-7-10-5-18-10)3-2-4-13(9)15(17)21-8-11-6-19-11/h9-13H,2-8H2,1H3/t9?,10?,11?,12-,13+. The SMILES string of the molecule is CC1[C@@H](C(=O)OCC2CO2)CCC[C@H]1C(=O)OCC1CO1. The third kappa shape index (κ3) is 3.95. The van der Waals surface area contributed by atoms with Gasteiger partial charge in [0.1, 0.15) is 25.4 Å². The minimum absolute atomic E-state index is 0.0426. The Morgan fingerprint density at radius 2 is 1.38 bits per heavy atom. The van der Waals surface area contributed by atoms with Gasteiger partial charge in [0.05, 0.1) is 25.0 Å². The monoisotopic (exact) mass is 298 g/mol. The molecule has 0 N–H and O–H groups in total. The number of hydrogen-bond donors (Lipinski definition) is 0. The minimum Gasteiger partial charge on any atom is -0.463 e. The van der Waals surface area contributed by atoms with Gasteiger partial charge in [-0.3, -0.25) is 9.59 Å². The summed E-state index contributed by atoms with van der Waals surface area (Å²) < 4.78 is 20.6. The Hall–Kier alpha value is -1.14. The molecule has 0 radical (unpaired) electrons. The van der Waals surface area contributed by atoms with E-state index in [4.69, 9.17) is 18.9 Å². The van der Waals surface area contributed by atoms with E-state index in [2.05, 4.69) is 0 Å². The summed E-state index contributed by atoms with van der Waals surface area (Å²) in [7, 11) is 0. The van der Waals surface area contributed by atoms with Crippen molar-refractivity contribution in [3.8, 4) is 0 Å². The molecule has 21 heavy (non-hydrogen) atoms. The van der Waals surface area contributed by atoms with Crippen molar-refractivity contribution in [2.45, 2.75) is 38.4 Å².